The summed E-state index contributed by atoms with van der Waals surface area (Å²) in [5.74, 6) is 0.819. The van der Waals surface area contributed by atoms with Gasteiger partial charge in [-0.1, -0.05) is 32.0 Å². The highest BCUT2D eigenvalue weighted by molar-refractivity contribution is 5.94. The van der Waals surface area contributed by atoms with Crippen molar-refractivity contribution in [3.63, 3.8) is 0 Å². The SMILES string of the molecule is COc1ccc(C(C)=O)cc1CC(=O)NCC(Nc1ccccc1)C(C)C. The number of amides is 1. The molecule has 0 aromatic heterocycles. The molecule has 2 aromatic rings. The second kappa shape index (κ2) is 9.76. The minimum absolute atomic E-state index is 0.0359. The summed E-state index contributed by atoms with van der Waals surface area (Å²) >= 11 is 0. The molecule has 0 heterocycles. The lowest BCUT2D eigenvalue weighted by atomic mass is 10.0. The maximum Gasteiger partial charge on any atom is 0.224 e. The highest BCUT2D eigenvalue weighted by Gasteiger charge is 2.16. The summed E-state index contributed by atoms with van der Waals surface area (Å²) in [5.41, 5.74) is 2.31. The summed E-state index contributed by atoms with van der Waals surface area (Å²) < 4.78 is 5.32. The zero-order chi connectivity index (χ0) is 19.8. The first-order chi connectivity index (χ1) is 12.9. The standard InChI is InChI=1S/C22H28N2O3/c1-15(2)20(24-19-8-6-5-7-9-19)14-23-22(26)13-18-12-17(16(3)25)10-11-21(18)27-4/h5-12,15,20,24H,13-14H2,1-4H3,(H,23,26). The van der Waals surface area contributed by atoms with Gasteiger partial charge in [0.25, 0.3) is 0 Å². The second-order valence-corrected chi connectivity index (χ2v) is 6.92. The Morgan fingerprint density at radius 2 is 1.78 bits per heavy atom. The topological polar surface area (TPSA) is 67.4 Å². The number of ether oxygens (including phenoxy) is 1. The first kappa shape index (κ1) is 20.5. The largest absolute Gasteiger partial charge is 0.496 e. The van der Waals surface area contributed by atoms with Crippen molar-refractivity contribution in [1.82, 2.24) is 5.32 Å². The van der Waals surface area contributed by atoms with Crippen LogP contribution in [0.25, 0.3) is 0 Å². The monoisotopic (exact) mass is 368 g/mol. The van der Waals surface area contributed by atoms with Crippen LogP contribution < -0.4 is 15.4 Å². The number of Topliss-reactive ketones (excluding diaryl/α,β-unsaturated/α-hetero) is 1. The molecule has 0 fully saturated rings. The van der Waals surface area contributed by atoms with Crippen molar-refractivity contribution in [2.24, 2.45) is 5.92 Å². The molecular weight excluding hydrogens is 340 g/mol. The summed E-state index contributed by atoms with van der Waals surface area (Å²) in [6.45, 7) is 6.26. The maximum absolute atomic E-state index is 12.5. The lowest BCUT2D eigenvalue weighted by Crippen LogP contribution is -2.40. The van der Waals surface area contributed by atoms with E-state index < -0.39 is 0 Å². The quantitative estimate of drug-likeness (QED) is 0.663. The Morgan fingerprint density at radius 3 is 2.37 bits per heavy atom. The van der Waals surface area contributed by atoms with Crippen LogP contribution in [-0.4, -0.2) is 31.4 Å². The first-order valence-electron chi connectivity index (χ1n) is 9.16. The van der Waals surface area contributed by atoms with E-state index in [0.717, 1.165) is 5.69 Å². The lowest BCUT2D eigenvalue weighted by Gasteiger charge is -2.24. The Bertz CT molecular complexity index is 772. The van der Waals surface area contributed by atoms with Crippen molar-refractivity contribution in [2.75, 3.05) is 19.0 Å². The Balaban J connectivity index is 2.00. The number of benzene rings is 2. The number of methoxy groups -OCH3 is 1. The third-order valence-corrected chi connectivity index (χ3v) is 4.49. The van der Waals surface area contributed by atoms with Crippen molar-refractivity contribution in [2.45, 2.75) is 33.2 Å². The average molecular weight is 368 g/mol. The normalized spacial score (nSPS) is 11.7. The molecule has 2 aromatic carbocycles. The van der Waals surface area contributed by atoms with Crippen LogP contribution >= 0.6 is 0 Å². The van der Waals surface area contributed by atoms with E-state index in [0.29, 0.717) is 29.3 Å². The van der Waals surface area contributed by atoms with Gasteiger partial charge in [-0.2, -0.15) is 0 Å². The van der Waals surface area contributed by atoms with Gasteiger partial charge in [0.2, 0.25) is 5.91 Å². The fourth-order valence-corrected chi connectivity index (χ4v) is 2.80. The Hall–Kier alpha value is -2.82. The minimum atomic E-state index is -0.102. The molecule has 5 heteroatoms. The first-order valence-corrected chi connectivity index (χ1v) is 9.16. The molecule has 5 nitrogen and oxygen atoms in total. The van der Waals surface area contributed by atoms with Gasteiger partial charge >= 0.3 is 0 Å². The second-order valence-electron chi connectivity index (χ2n) is 6.92. The minimum Gasteiger partial charge on any atom is -0.496 e. The maximum atomic E-state index is 12.5. The third-order valence-electron chi connectivity index (χ3n) is 4.49. The van der Waals surface area contributed by atoms with Crippen LogP contribution in [0.1, 0.15) is 36.7 Å². The summed E-state index contributed by atoms with van der Waals surface area (Å²) in [4.78, 5) is 24.1. The van der Waals surface area contributed by atoms with E-state index in [2.05, 4.69) is 24.5 Å². The molecule has 0 aliphatic rings. The third kappa shape index (κ3) is 6.13. The van der Waals surface area contributed by atoms with Crippen molar-refractivity contribution >= 4 is 17.4 Å². The molecule has 2 rings (SSSR count). The van der Waals surface area contributed by atoms with E-state index in [1.54, 1.807) is 25.3 Å². The molecule has 0 bridgehead atoms. The Labute approximate surface area is 161 Å². The Kier molecular flexibility index (Phi) is 7.41. The fourth-order valence-electron chi connectivity index (χ4n) is 2.80. The lowest BCUT2D eigenvalue weighted by molar-refractivity contribution is -0.120. The van der Waals surface area contributed by atoms with Crippen LogP contribution in [0.3, 0.4) is 0 Å². The number of carbonyl (C=O) groups is 2. The highest BCUT2D eigenvalue weighted by atomic mass is 16.5. The number of nitrogens with one attached hydrogen (secondary N) is 2. The van der Waals surface area contributed by atoms with Gasteiger partial charge in [0.15, 0.2) is 5.78 Å². The van der Waals surface area contributed by atoms with Gasteiger partial charge in [0.05, 0.1) is 13.5 Å². The van der Waals surface area contributed by atoms with Gasteiger partial charge in [-0.3, -0.25) is 9.59 Å². The van der Waals surface area contributed by atoms with Gasteiger partial charge in [-0.15, -0.1) is 0 Å². The van der Waals surface area contributed by atoms with Crippen LogP contribution in [-0.2, 0) is 11.2 Å². The zero-order valence-electron chi connectivity index (χ0n) is 16.4. The number of anilines is 1. The van der Waals surface area contributed by atoms with Crippen molar-refractivity contribution < 1.29 is 14.3 Å². The molecule has 144 valence electrons. The molecule has 0 aliphatic carbocycles. The van der Waals surface area contributed by atoms with E-state index in [9.17, 15) is 9.59 Å². The van der Waals surface area contributed by atoms with Gasteiger partial charge in [0, 0.05) is 29.4 Å². The number of para-hydroxylation sites is 1. The number of hydrogen-bond donors (Lipinski definition) is 2. The fraction of sp³-hybridized carbons (Fsp3) is 0.364. The smallest absolute Gasteiger partial charge is 0.224 e. The number of ketones is 1. The highest BCUT2D eigenvalue weighted by Crippen LogP contribution is 2.21. The van der Waals surface area contributed by atoms with Gasteiger partial charge < -0.3 is 15.4 Å². The summed E-state index contributed by atoms with van der Waals surface area (Å²) in [7, 11) is 1.56. The van der Waals surface area contributed by atoms with Crippen LogP contribution in [0.5, 0.6) is 5.75 Å². The molecule has 0 spiro atoms. The van der Waals surface area contributed by atoms with Gasteiger partial charge in [0.1, 0.15) is 5.75 Å². The van der Waals surface area contributed by atoms with Crippen LogP contribution in [0.4, 0.5) is 5.69 Å². The molecule has 0 saturated carbocycles. The van der Waals surface area contributed by atoms with Crippen LogP contribution in [0.2, 0.25) is 0 Å². The molecule has 0 radical (unpaired) electrons. The molecule has 0 aliphatic heterocycles. The van der Waals surface area contributed by atoms with Crippen LogP contribution in [0.15, 0.2) is 48.5 Å². The van der Waals surface area contributed by atoms with Crippen molar-refractivity contribution in [3.05, 3.63) is 59.7 Å². The van der Waals surface area contributed by atoms with E-state index in [4.69, 9.17) is 4.74 Å². The van der Waals surface area contributed by atoms with E-state index in [-0.39, 0.29) is 24.2 Å². The summed E-state index contributed by atoms with van der Waals surface area (Å²) in [6, 6.07) is 15.2. The number of carbonyl (C=O) groups excluding carboxylic acids is 2. The van der Waals surface area contributed by atoms with E-state index in [1.165, 1.54) is 6.92 Å². The summed E-state index contributed by atoms with van der Waals surface area (Å²) in [5, 5.41) is 6.45. The number of rotatable bonds is 9. The Morgan fingerprint density at radius 1 is 1.07 bits per heavy atom. The zero-order valence-corrected chi connectivity index (χ0v) is 16.4. The average Bonchev–Trinajstić information content (AvgIpc) is 2.65. The predicted molar refractivity (Wildman–Crippen MR) is 108 cm³/mol. The van der Waals surface area contributed by atoms with Crippen LogP contribution in [0, 0.1) is 5.92 Å². The molecule has 2 N–H and O–H groups in total. The molecule has 27 heavy (non-hydrogen) atoms. The molecule has 1 unspecified atom stereocenters. The predicted octanol–water partition coefficient (Wildman–Crippen LogP) is 3.69. The van der Waals surface area contributed by atoms with Gasteiger partial charge in [-0.05, 0) is 43.2 Å². The molecule has 1 amide bonds. The molecular formula is C22H28N2O3. The van der Waals surface area contributed by atoms with E-state index in [1.807, 2.05) is 30.3 Å². The number of hydrogen-bond acceptors (Lipinski definition) is 4. The van der Waals surface area contributed by atoms with Crippen molar-refractivity contribution in [3.8, 4) is 5.75 Å². The van der Waals surface area contributed by atoms with Gasteiger partial charge in [-0.25, -0.2) is 0 Å². The molecule has 0 saturated heterocycles. The van der Waals surface area contributed by atoms with E-state index >= 15 is 0 Å². The van der Waals surface area contributed by atoms with Crippen molar-refractivity contribution in [1.29, 1.82) is 0 Å². The summed E-state index contributed by atoms with van der Waals surface area (Å²) in [6.07, 6.45) is 0.167. The molecule has 1 atom stereocenters.